The monoisotopic (exact) mass is 426 g/mol. The van der Waals surface area contributed by atoms with E-state index in [2.05, 4.69) is 28.5 Å². The lowest BCUT2D eigenvalue weighted by Gasteiger charge is -2.41. The van der Waals surface area contributed by atoms with Crippen molar-refractivity contribution in [2.24, 2.45) is 0 Å². The highest BCUT2D eigenvalue weighted by molar-refractivity contribution is 6.31. The van der Waals surface area contributed by atoms with E-state index in [0.29, 0.717) is 19.5 Å². The van der Waals surface area contributed by atoms with E-state index in [0.717, 1.165) is 46.2 Å². The van der Waals surface area contributed by atoms with Gasteiger partial charge in [0, 0.05) is 54.2 Å². The lowest BCUT2D eigenvalue weighted by atomic mass is 10.0. The average molecular weight is 427 g/mol. The second-order valence-electron chi connectivity index (χ2n) is 8.09. The number of rotatable bonds is 4. The van der Waals surface area contributed by atoms with Gasteiger partial charge in [-0.05, 0) is 67.8 Å². The van der Waals surface area contributed by atoms with Crippen molar-refractivity contribution in [1.82, 2.24) is 4.90 Å². The maximum atomic E-state index is 12.8. The molecule has 2 aromatic rings. The Hall–Kier alpha value is -2.73. The van der Waals surface area contributed by atoms with E-state index in [1.54, 1.807) is 0 Å². The molecule has 6 nitrogen and oxygen atoms in total. The van der Waals surface area contributed by atoms with Crippen LogP contribution < -0.4 is 15.5 Å². The van der Waals surface area contributed by atoms with Crippen molar-refractivity contribution in [3.63, 3.8) is 0 Å². The molecule has 2 heterocycles. The summed E-state index contributed by atoms with van der Waals surface area (Å²) in [5, 5.41) is 6.89. The summed E-state index contributed by atoms with van der Waals surface area (Å²) in [5.41, 5.74) is 5.09. The third-order valence-corrected chi connectivity index (χ3v) is 6.32. The van der Waals surface area contributed by atoms with Gasteiger partial charge in [-0.3, -0.25) is 9.59 Å². The normalized spacial score (nSPS) is 18.6. The summed E-state index contributed by atoms with van der Waals surface area (Å²) in [7, 11) is 0. The van der Waals surface area contributed by atoms with Crippen molar-refractivity contribution in [3.05, 3.63) is 52.5 Å². The van der Waals surface area contributed by atoms with E-state index >= 15 is 0 Å². The first-order chi connectivity index (χ1) is 14.4. The molecule has 0 radical (unpaired) electrons. The summed E-state index contributed by atoms with van der Waals surface area (Å²) in [4.78, 5) is 28.5. The fourth-order valence-corrected chi connectivity index (χ4v) is 4.28. The van der Waals surface area contributed by atoms with Gasteiger partial charge >= 0.3 is 0 Å². The minimum Gasteiger partial charge on any atom is -0.376 e. The number of carbonyl (C=O) groups is 2. The Balaban J connectivity index is 1.33. The molecule has 0 aromatic heterocycles. The molecular formula is C23H27ClN4O2. The number of hydrogen-bond donors (Lipinski definition) is 2. The molecule has 2 aromatic carbocycles. The Kier molecular flexibility index (Phi) is 5.86. The second kappa shape index (κ2) is 8.56. The van der Waals surface area contributed by atoms with Crippen LogP contribution in [0.3, 0.4) is 0 Å². The molecule has 2 aliphatic rings. The summed E-state index contributed by atoms with van der Waals surface area (Å²) in [5.74, 6) is 0.153. The lowest BCUT2D eigenvalue weighted by Crippen LogP contribution is -2.54. The van der Waals surface area contributed by atoms with Gasteiger partial charge in [-0.2, -0.15) is 0 Å². The minimum absolute atomic E-state index is 0.0559. The molecule has 2 aliphatic heterocycles. The van der Waals surface area contributed by atoms with E-state index in [4.69, 9.17) is 11.6 Å². The predicted octanol–water partition coefficient (Wildman–Crippen LogP) is 3.68. The minimum atomic E-state index is 0.0559. The Morgan fingerprint density at radius 2 is 2.03 bits per heavy atom. The van der Waals surface area contributed by atoms with Crippen LogP contribution in [-0.2, 0) is 16.0 Å². The van der Waals surface area contributed by atoms with Crippen molar-refractivity contribution in [2.75, 3.05) is 41.7 Å². The number of anilines is 3. The van der Waals surface area contributed by atoms with Gasteiger partial charge in [0.15, 0.2) is 0 Å². The summed E-state index contributed by atoms with van der Waals surface area (Å²) in [6.45, 7) is 6.61. The van der Waals surface area contributed by atoms with Crippen LogP contribution in [0.5, 0.6) is 0 Å². The number of piperazine rings is 1. The number of nitrogens with zero attached hydrogens (tertiary/aromatic N) is 2. The number of halogens is 1. The second-order valence-corrected chi connectivity index (χ2v) is 8.50. The highest BCUT2D eigenvalue weighted by atomic mass is 35.5. The zero-order chi connectivity index (χ0) is 21.3. The number of amides is 2. The van der Waals surface area contributed by atoms with Crippen LogP contribution in [0.15, 0.2) is 36.4 Å². The Labute approximate surface area is 182 Å². The van der Waals surface area contributed by atoms with Gasteiger partial charge < -0.3 is 20.4 Å². The van der Waals surface area contributed by atoms with Gasteiger partial charge in [0.1, 0.15) is 0 Å². The van der Waals surface area contributed by atoms with Crippen molar-refractivity contribution in [1.29, 1.82) is 0 Å². The smallest absolute Gasteiger partial charge is 0.242 e. The molecule has 158 valence electrons. The molecule has 0 aliphatic carbocycles. The van der Waals surface area contributed by atoms with E-state index < -0.39 is 0 Å². The zero-order valence-corrected chi connectivity index (χ0v) is 18.1. The molecule has 1 atom stereocenters. The Morgan fingerprint density at radius 1 is 1.20 bits per heavy atom. The van der Waals surface area contributed by atoms with E-state index in [-0.39, 0.29) is 24.4 Å². The van der Waals surface area contributed by atoms with Crippen molar-refractivity contribution in [2.45, 2.75) is 32.7 Å². The van der Waals surface area contributed by atoms with E-state index in [9.17, 15) is 9.59 Å². The van der Waals surface area contributed by atoms with E-state index in [1.807, 2.05) is 42.2 Å². The quantitative estimate of drug-likeness (QED) is 0.782. The van der Waals surface area contributed by atoms with Crippen LogP contribution in [0.25, 0.3) is 0 Å². The van der Waals surface area contributed by atoms with Gasteiger partial charge in [0.05, 0.1) is 6.54 Å². The highest BCUT2D eigenvalue weighted by Crippen LogP contribution is 2.27. The highest BCUT2D eigenvalue weighted by Gasteiger charge is 2.27. The fraction of sp³-hybridized carbons (Fsp3) is 0.391. The van der Waals surface area contributed by atoms with Crippen LogP contribution in [0.1, 0.15) is 24.5 Å². The third kappa shape index (κ3) is 4.38. The molecule has 1 fully saturated rings. The number of aryl methyl sites for hydroxylation is 2. The number of fused-ring (bicyclic) bond motifs is 1. The van der Waals surface area contributed by atoms with Crippen LogP contribution >= 0.6 is 11.6 Å². The molecular weight excluding hydrogens is 400 g/mol. The first-order valence-electron chi connectivity index (χ1n) is 10.4. The van der Waals surface area contributed by atoms with Crippen molar-refractivity contribution < 1.29 is 9.59 Å². The lowest BCUT2D eigenvalue weighted by molar-refractivity contribution is -0.130. The summed E-state index contributed by atoms with van der Waals surface area (Å²) >= 11 is 6.15. The molecule has 0 bridgehead atoms. The summed E-state index contributed by atoms with van der Waals surface area (Å²) in [6, 6.07) is 12.1. The van der Waals surface area contributed by atoms with Crippen molar-refractivity contribution in [3.8, 4) is 0 Å². The number of carbonyl (C=O) groups excluding carboxylic acids is 2. The first-order valence-corrected chi connectivity index (χ1v) is 10.8. The summed E-state index contributed by atoms with van der Waals surface area (Å²) in [6.07, 6.45) is 1.24. The topological polar surface area (TPSA) is 64.7 Å². The number of nitrogens with one attached hydrogen (secondary N) is 2. The molecule has 7 heteroatoms. The SMILES string of the molecule is Cc1cc(N2CCN(C(=O)CNc3ccc4c(c3)CCC(=O)N4)C[C@H]2C)ccc1Cl. The fourth-order valence-electron chi connectivity index (χ4n) is 4.16. The molecule has 0 saturated carbocycles. The van der Waals surface area contributed by atoms with E-state index in [1.165, 1.54) is 0 Å². The van der Waals surface area contributed by atoms with Gasteiger partial charge in [-0.15, -0.1) is 0 Å². The molecule has 4 rings (SSSR count). The van der Waals surface area contributed by atoms with Crippen LogP contribution in [0.2, 0.25) is 5.02 Å². The van der Waals surface area contributed by atoms with Crippen LogP contribution in [0.4, 0.5) is 17.1 Å². The standard InChI is InChI=1S/C23H27ClN4O2/c1-15-11-19(5-6-20(15)24)28-10-9-27(14-16(28)2)23(30)13-25-18-4-7-21-17(12-18)3-8-22(29)26-21/h4-7,11-12,16,25H,3,8-10,13-14H2,1-2H3,(H,26,29)/t16-/m1/s1. The van der Waals surface area contributed by atoms with Gasteiger partial charge in [0.2, 0.25) is 11.8 Å². The average Bonchev–Trinajstić information content (AvgIpc) is 2.74. The Bertz CT molecular complexity index is 978. The predicted molar refractivity (Wildman–Crippen MR) is 121 cm³/mol. The number of benzene rings is 2. The molecule has 2 N–H and O–H groups in total. The summed E-state index contributed by atoms with van der Waals surface area (Å²) < 4.78 is 0. The van der Waals surface area contributed by atoms with Gasteiger partial charge in [0.25, 0.3) is 0 Å². The van der Waals surface area contributed by atoms with Crippen LogP contribution in [-0.4, -0.2) is 48.9 Å². The maximum Gasteiger partial charge on any atom is 0.242 e. The zero-order valence-electron chi connectivity index (χ0n) is 17.4. The Morgan fingerprint density at radius 3 is 2.80 bits per heavy atom. The van der Waals surface area contributed by atoms with Crippen molar-refractivity contribution >= 4 is 40.5 Å². The maximum absolute atomic E-state index is 12.8. The third-order valence-electron chi connectivity index (χ3n) is 5.90. The number of hydrogen-bond acceptors (Lipinski definition) is 4. The van der Waals surface area contributed by atoms with Gasteiger partial charge in [-0.1, -0.05) is 11.6 Å². The molecule has 2 amide bonds. The largest absolute Gasteiger partial charge is 0.376 e. The van der Waals surface area contributed by atoms with Crippen LogP contribution in [0, 0.1) is 6.92 Å². The molecule has 30 heavy (non-hydrogen) atoms. The molecule has 1 saturated heterocycles. The molecule has 0 unspecified atom stereocenters. The molecule has 0 spiro atoms. The van der Waals surface area contributed by atoms with Gasteiger partial charge in [-0.25, -0.2) is 0 Å². The first kappa shape index (κ1) is 20.5.